The zero-order valence-electron chi connectivity index (χ0n) is 18.4. The average molecular weight is 441 g/mol. The minimum atomic E-state index is -0.301. The smallest absolute Gasteiger partial charge is 0.319 e. The number of para-hydroxylation sites is 2. The molecule has 3 aromatic carbocycles. The van der Waals surface area contributed by atoms with Gasteiger partial charge in [-0.2, -0.15) is 0 Å². The van der Waals surface area contributed by atoms with Crippen LogP contribution in [0.4, 0.5) is 16.2 Å². The van der Waals surface area contributed by atoms with Crippen molar-refractivity contribution in [2.45, 2.75) is 24.9 Å². The minimum absolute atomic E-state index is 0.0401. The van der Waals surface area contributed by atoms with Crippen LogP contribution in [0.15, 0.2) is 84.9 Å². The van der Waals surface area contributed by atoms with E-state index in [4.69, 9.17) is 0 Å². The normalized spacial score (nSPS) is 20.8. The predicted molar refractivity (Wildman–Crippen MR) is 130 cm³/mol. The fourth-order valence-corrected chi connectivity index (χ4v) is 5.12. The summed E-state index contributed by atoms with van der Waals surface area (Å²) in [5, 5.41) is 9.31. The van der Waals surface area contributed by atoms with E-state index in [0.29, 0.717) is 12.5 Å². The molecule has 0 unspecified atom stereocenters. The lowest BCUT2D eigenvalue weighted by Crippen LogP contribution is -2.39. The molecule has 2 heterocycles. The van der Waals surface area contributed by atoms with E-state index in [0.717, 1.165) is 24.3 Å². The first-order chi connectivity index (χ1) is 16.2. The number of benzene rings is 3. The summed E-state index contributed by atoms with van der Waals surface area (Å²) in [5.41, 5.74) is 4.24. The number of likely N-dealkylation sites (tertiary alicyclic amines) is 1. The summed E-state index contributed by atoms with van der Waals surface area (Å²) in [5.74, 6) is 0.381. The molecule has 0 aromatic heterocycles. The molecule has 0 aliphatic carbocycles. The number of fused-ring (bicyclic) bond motifs is 3. The third-order valence-corrected chi connectivity index (χ3v) is 6.60. The second-order valence-electron chi connectivity index (χ2n) is 8.60. The maximum Gasteiger partial charge on any atom is 0.319 e. The number of rotatable bonds is 5. The summed E-state index contributed by atoms with van der Waals surface area (Å²) in [4.78, 5) is 27.4. The van der Waals surface area contributed by atoms with Gasteiger partial charge < -0.3 is 20.9 Å². The van der Waals surface area contributed by atoms with Gasteiger partial charge in [-0.05, 0) is 35.7 Å². The first-order valence-corrected chi connectivity index (χ1v) is 11.5. The Bertz CT molecular complexity index is 1120. The van der Waals surface area contributed by atoms with Gasteiger partial charge in [-0.25, -0.2) is 4.79 Å². The fourth-order valence-electron chi connectivity index (χ4n) is 5.12. The van der Waals surface area contributed by atoms with Crippen molar-refractivity contribution in [3.8, 4) is 0 Å². The molecule has 33 heavy (non-hydrogen) atoms. The van der Waals surface area contributed by atoms with Crippen LogP contribution in [0, 0.1) is 5.92 Å². The molecule has 2 aliphatic rings. The van der Waals surface area contributed by atoms with Crippen molar-refractivity contribution >= 4 is 23.3 Å². The monoisotopic (exact) mass is 440 g/mol. The summed E-state index contributed by atoms with van der Waals surface area (Å²) in [6.07, 6.45) is 1.22. The zero-order chi connectivity index (χ0) is 22.6. The van der Waals surface area contributed by atoms with E-state index >= 15 is 0 Å². The number of nitrogens with zero attached hydrogens (tertiary/aromatic N) is 1. The fraction of sp³-hybridized carbons (Fsp3) is 0.259. The van der Waals surface area contributed by atoms with Gasteiger partial charge in [0, 0.05) is 36.8 Å². The molecule has 3 atom stereocenters. The second kappa shape index (κ2) is 9.36. The van der Waals surface area contributed by atoms with E-state index in [1.54, 1.807) is 0 Å². The van der Waals surface area contributed by atoms with E-state index < -0.39 is 0 Å². The molecular formula is C27H28N4O2. The van der Waals surface area contributed by atoms with Crippen LogP contribution in [-0.2, 0) is 4.79 Å². The molecule has 0 bridgehead atoms. The van der Waals surface area contributed by atoms with Gasteiger partial charge in [-0.3, -0.25) is 4.79 Å². The maximum absolute atomic E-state index is 13.2. The van der Waals surface area contributed by atoms with Gasteiger partial charge in [0.2, 0.25) is 5.91 Å². The molecule has 2 aliphatic heterocycles. The van der Waals surface area contributed by atoms with Crippen LogP contribution in [0.5, 0.6) is 0 Å². The van der Waals surface area contributed by atoms with Crippen LogP contribution in [0.3, 0.4) is 0 Å². The quantitative estimate of drug-likeness (QED) is 0.525. The number of hydrogen-bond acceptors (Lipinski definition) is 3. The summed E-state index contributed by atoms with van der Waals surface area (Å²) < 4.78 is 0. The van der Waals surface area contributed by atoms with Crippen molar-refractivity contribution in [1.29, 1.82) is 0 Å². The topological polar surface area (TPSA) is 73.5 Å². The molecule has 3 aromatic rings. The van der Waals surface area contributed by atoms with Crippen molar-refractivity contribution in [3.05, 3.63) is 96.1 Å². The number of carbonyl (C=O) groups is 2. The Kier molecular flexibility index (Phi) is 5.98. The molecule has 5 rings (SSSR count). The van der Waals surface area contributed by atoms with Gasteiger partial charge in [0.25, 0.3) is 0 Å². The standard InChI is InChI=1S/C27H28N4O2/c32-24(15-17-28-27(33)29-20-11-5-2-6-12-20)31-18-16-22-25(19-9-3-1-4-10-19)30-23-14-8-7-13-21(23)26(22)31/h1-14,22,25-26,30H,15-18H2,(H2,28,29,33)/t22-,25+,26+/m1/s1. The Morgan fingerprint density at radius 1 is 0.909 bits per heavy atom. The number of anilines is 2. The van der Waals surface area contributed by atoms with Crippen molar-refractivity contribution in [3.63, 3.8) is 0 Å². The van der Waals surface area contributed by atoms with E-state index in [1.807, 2.05) is 53.4 Å². The molecule has 168 valence electrons. The van der Waals surface area contributed by atoms with Crippen molar-refractivity contribution in [1.82, 2.24) is 10.2 Å². The van der Waals surface area contributed by atoms with Gasteiger partial charge in [0.05, 0.1) is 12.1 Å². The lowest BCUT2D eigenvalue weighted by atomic mass is 9.80. The molecule has 0 radical (unpaired) electrons. The Labute approximate surface area is 194 Å². The van der Waals surface area contributed by atoms with E-state index in [2.05, 4.69) is 52.3 Å². The Hall–Kier alpha value is -3.80. The highest BCUT2D eigenvalue weighted by Crippen LogP contribution is 2.51. The maximum atomic E-state index is 13.2. The van der Waals surface area contributed by atoms with Crippen molar-refractivity contribution in [2.75, 3.05) is 23.7 Å². The highest BCUT2D eigenvalue weighted by molar-refractivity contribution is 5.89. The Morgan fingerprint density at radius 2 is 1.61 bits per heavy atom. The van der Waals surface area contributed by atoms with Crippen molar-refractivity contribution in [2.24, 2.45) is 5.92 Å². The third-order valence-electron chi connectivity index (χ3n) is 6.60. The van der Waals surface area contributed by atoms with Gasteiger partial charge in [-0.1, -0.05) is 66.7 Å². The van der Waals surface area contributed by atoms with Crippen LogP contribution in [0.2, 0.25) is 0 Å². The number of hydrogen-bond donors (Lipinski definition) is 3. The van der Waals surface area contributed by atoms with E-state index in [-0.39, 0.29) is 30.4 Å². The number of amides is 3. The first kappa shape index (κ1) is 21.1. The molecule has 3 N–H and O–H groups in total. The highest BCUT2D eigenvalue weighted by atomic mass is 16.2. The second-order valence-corrected chi connectivity index (χ2v) is 8.60. The molecule has 0 spiro atoms. The van der Waals surface area contributed by atoms with Gasteiger partial charge >= 0.3 is 6.03 Å². The molecule has 0 saturated carbocycles. The zero-order valence-corrected chi connectivity index (χ0v) is 18.4. The van der Waals surface area contributed by atoms with Gasteiger partial charge in [0.15, 0.2) is 0 Å². The third kappa shape index (κ3) is 4.42. The molecule has 6 nitrogen and oxygen atoms in total. The molecule has 1 fully saturated rings. The average Bonchev–Trinajstić information content (AvgIpc) is 3.30. The summed E-state index contributed by atoms with van der Waals surface area (Å²) in [7, 11) is 0. The van der Waals surface area contributed by atoms with Gasteiger partial charge in [-0.15, -0.1) is 0 Å². The van der Waals surface area contributed by atoms with Crippen LogP contribution in [0.1, 0.15) is 36.1 Å². The van der Waals surface area contributed by atoms with E-state index in [1.165, 1.54) is 11.1 Å². The van der Waals surface area contributed by atoms with Crippen LogP contribution >= 0.6 is 0 Å². The Morgan fingerprint density at radius 3 is 2.39 bits per heavy atom. The lowest BCUT2D eigenvalue weighted by molar-refractivity contribution is -0.132. The summed E-state index contributed by atoms with van der Waals surface area (Å²) >= 11 is 0. The van der Waals surface area contributed by atoms with Crippen LogP contribution in [-0.4, -0.2) is 29.9 Å². The minimum Gasteiger partial charge on any atom is -0.378 e. The summed E-state index contributed by atoms with van der Waals surface area (Å²) in [6.45, 7) is 1.02. The lowest BCUT2D eigenvalue weighted by Gasteiger charge is -2.40. The van der Waals surface area contributed by atoms with E-state index in [9.17, 15) is 9.59 Å². The number of nitrogens with one attached hydrogen (secondary N) is 3. The number of urea groups is 1. The molecular weight excluding hydrogens is 412 g/mol. The Balaban J connectivity index is 1.27. The number of carbonyl (C=O) groups excluding carboxylic acids is 2. The predicted octanol–water partition coefficient (Wildman–Crippen LogP) is 4.95. The molecule has 6 heteroatoms. The summed E-state index contributed by atoms with van der Waals surface area (Å²) in [6, 6.07) is 27.9. The van der Waals surface area contributed by atoms with Gasteiger partial charge in [0.1, 0.15) is 0 Å². The van der Waals surface area contributed by atoms with Crippen LogP contribution in [0.25, 0.3) is 0 Å². The molecule has 3 amide bonds. The SMILES string of the molecule is O=C(NCCC(=O)N1CC[C@@H]2[C@H](c3ccccc3)Nc3ccccc3[C@@H]21)Nc1ccccc1. The largest absolute Gasteiger partial charge is 0.378 e. The highest BCUT2D eigenvalue weighted by Gasteiger charge is 2.45. The van der Waals surface area contributed by atoms with Crippen molar-refractivity contribution < 1.29 is 9.59 Å². The van der Waals surface area contributed by atoms with Crippen LogP contribution < -0.4 is 16.0 Å². The first-order valence-electron chi connectivity index (χ1n) is 11.5. The molecule has 1 saturated heterocycles.